The molecule has 1 aromatic rings. The summed E-state index contributed by atoms with van der Waals surface area (Å²) in [5.74, 6) is -0.335. The van der Waals surface area contributed by atoms with Crippen molar-refractivity contribution >= 4 is 19.7 Å². The molecule has 24 heavy (non-hydrogen) atoms. The van der Waals surface area contributed by atoms with E-state index in [4.69, 9.17) is 0 Å². The zero-order valence-electron chi connectivity index (χ0n) is 13.8. The second-order valence-corrected chi connectivity index (χ2v) is 10.8. The van der Waals surface area contributed by atoms with Crippen molar-refractivity contribution in [3.63, 3.8) is 0 Å². The summed E-state index contributed by atoms with van der Waals surface area (Å²) in [6.45, 7) is 6.20. The molecule has 2 aliphatic heterocycles. The standard InChI is InChI=1S/C16H24N2O4S2/c1-2-17-8-10-18(11-9-17)15-12-23(19,20)13-16(15)24(21,22)14-6-4-3-5-7-14/h3-7,15-16H,2,8-13H2,1H3/t15-,16-/m0/s1. The average Bonchev–Trinajstić information content (AvgIpc) is 2.92. The summed E-state index contributed by atoms with van der Waals surface area (Å²) in [6.07, 6.45) is 0. The maximum absolute atomic E-state index is 13.0. The lowest BCUT2D eigenvalue weighted by Gasteiger charge is -2.38. The Morgan fingerprint density at radius 3 is 2.25 bits per heavy atom. The summed E-state index contributed by atoms with van der Waals surface area (Å²) in [6, 6.07) is 7.75. The molecular formula is C16H24N2O4S2. The topological polar surface area (TPSA) is 74.8 Å². The molecule has 2 atom stereocenters. The fourth-order valence-electron chi connectivity index (χ4n) is 3.63. The van der Waals surface area contributed by atoms with Crippen molar-refractivity contribution in [3.05, 3.63) is 30.3 Å². The van der Waals surface area contributed by atoms with Gasteiger partial charge in [-0.15, -0.1) is 0 Å². The molecule has 3 rings (SSSR count). The van der Waals surface area contributed by atoms with Crippen molar-refractivity contribution < 1.29 is 16.8 Å². The maximum atomic E-state index is 13.0. The van der Waals surface area contributed by atoms with Crippen molar-refractivity contribution in [2.24, 2.45) is 0 Å². The minimum atomic E-state index is -3.66. The van der Waals surface area contributed by atoms with Crippen LogP contribution in [-0.2, 0) is 19.7 Å². The first-order valence-electron chi connectivity index (χ1n) is 8.29. The average molecular weight is 373 g/mol. The Bertz CT molecular complexity index is 770. The van der Waals surface area contributed by atoms with Crippen LogP contribution in [0.15, 0.2) is 35.2 Å². The van der Waals surface area contributed by atoms with Gasteiger partial charge in [0.25, 0.3) is 0 Å². The lowest BCUT2D eigenvalue weighted by molar-refractivity contribution is 0.109. The van der Waals surface area contributed by atoms with E-state index in [1.54, 1.807) is 30.3 Å². The number of hydrogen-bond acceptors (Lipinski definition) is 6. The largest absolute Gasteiger partial charge is 0.301 e. The van der Waals surface area contributed by atoms with Crippen LogP contribution in [0, 0.1) is 0 Å². The molecule has 0 saturated carbocycles. The van der Waals surface area contributed by atoms with Crippen molar-refractivity contribution in [1.29, 1.82) is 0 Å². The number of rotatable bonds is 4. The molecule has 2 fully saturated rings. The molecule has 0 aliphatic carbocycles. The van der Waals surface area contributed by atoms with E-state index in [1.807, 2.05) is 0 Å². The second-order valence-electron chi connectivity index (χ2n) is 6.51. The van der Waals surface area contributed by atoms with Gasteiger partial charge in [-0.3, -0.25) is 4.90 Å². The first-order valence-corrected chi connectivity index (χ1v) is 11.7. The Kier molecular flexibility index (Phi) is 5.01. The molecular weight excluding hydrogens is 348 g/mol. The smallest absolute Gasteiger partial charge is 0.183 e. The first-order chi connectivity index (χ1) is 11.3. The molecule has 0 aromatic heterocycles. The van der Waals surface area contributed by atoms with Crippen LogP contribution in [0.25, 0.3) is 0 Å². The maximum Gasteiger partial charge on any atom is 0.183 e. The lowest BCUT2D eigenvalue weighted by atomic mass is 10.2. The Labute approximate surface area is 144 Å². The molecule has 0 radical (unpaired) electrons. The highest BCUT2D eigenvalue weighted by molar-refractivity contribution is 7.96. The Morgan fingerprint density at radius 2 is 1.67 bits per heavy atom. The van der Waals surface area contributed by atoms with Crippen molar-refractivity contribution in [2.45, 2.75) is 23.1 Å². The van der Waals surface area contributed by atoms with Crippen LogP contribution in [0.2, 0.25) is 0 Å². The van der Waals surface area contributed by atoms with E-state index in [9.17, 15) is 16.8 Å². The van der Waals surface area contributed by atoms with Crippen molar-refractivity contribution in [1.82, 2.24) is 9.80 Å². The molecule has 0 spiro atoms. The second kappa shape index (κ2) is 6.74. The van der Waals surface area contributed by atoms with E-state index in [1.165, 1.54) is 0 Å². The van der Waals surface area contributed by atoms with Gasteiger partial charge in [0.1, 0.15) is 0 Å². The van der Waals surface area contributed by atoms with Crippen LogP contribution in [0.3, 0.4) is 0 Å². The van der Waals surface area contributed by atoms with Gasteiger partial charge in [-0.25, -0.2) is 16.8 Å². The van der Waals surface area contributed by atoms with Crippen molar-refractivity contribution in [3.8, 4) is 0 Å². The normalized spacial score (nSPS) is 28.9. The number of sulfone groups is 2. The van der Waals surface area contributed by atoms with Crippen LogP contribution >= 0.6 is 0 Å². The zero-order chi connectivity index (χ0) is 17.4. The van der Waals surface area contributed by atoms with Gasteiger partial charge in [0.05, 0.1) is 21.7 Å². The van der Waals surface area contributed by atoms with E-state index in [0.717, 1.165) is 32.7 Å². The number of likely N-dealkylation sites (N-methyl/N-ethyl adjacent to an activating group) is 1. The molecule has 0 unspecified atom stereocenters. The van der Waals surface area contributed by atoms with Crippen molar-refractivity contribution in [2.75, 3.05) is 44.2 Å². The molecule has 2 heterocycles. The molecule has 134 valence electrons. The van der Waals surface area contributed by atoms with E-state index in [0.29, 0.717) is 0 Å². The summed E-state index contributed by atoms with van der Waals surface area (Å²) in [5, 5.41) is -0.877. The van der Waals surface area contributed by atoms with Gasteiger partial charge >= 0.3 is 0 Å². The highest BCUT2D eigenvalue weighted by atomic mass is 32.2. The molecule has 6 nitrogen and oxygen atoms in total. The fraction of sp³-hybridized carbons (Fsp3) is 0.625. The predicted molar refractivity (Wildman–Crippen MR) is 93.5 cm³/mol. The summed E-state index contributed by atoms with van der Waals surface area (Å²) < 4.78 is 50.4. The summed E-state index contributed by atoms with van der Waals surface area (Å²) in [5.41, 5.74) is 0. The molecule has 0 N–H and O–H groups in total. The Balaban J connectivity index is 1.88. The highest BCUT2D eigenvalue weighted by Gasteiger charge is 2.48. The quantitative estimate of drug-likeness (QED) is 0.755. The van der Waals surface area contributed by atoms with Gasteiger partial charge in [0.2, 0.25) is 0 Å². The van der Waals surface area contributed by atoms with Crippen LogP contribution in [0.5, 0.6) is 0 Å². The third kappa shape index (κ3) is 3.51. The molecule has 8 heteroatoms. The SMILES string of the molecule is CCN1CCN([C@H]2CS(=O)(=O)C[C@@H]2S(=O)(=O)c2ccccc2)CC1. The van der Waals surface area contributed by atoms with Gasteiger partial charge in [-0.1, -0.05) is 25.1 Å². The lowest BCUT2D eigenvalue weighted by Crippen LogP contribution is -2.54. The molecule has 1 aromatic carbocycles. The number of nitrogens with zero attached hydrogens (tertiary/aromatic N) is 2. The van der Waals surface area contributed by atoms with E-state index >= 15 is 0 Å². The summed E-state index contributed by atoms with van der Waals surface area (Å²) in [4.78, 5) is 4.56. The van der Waals surface area contributed by atoms with E-state index in [2.05, 4.69) is 16.7 Å². The number of hydrogen-bond donors (Lipinski definition) is 0. The van der Waals surface area contributed by atoms with Crippen LogP contribution in [-0.4, -0.2) is 82.2 Å². The first kappa shape index (κ1) is 17.8. The summed E-state index contributed by atoms with van der Waals surface area (Å²) >= 11 is 0. The summed E-state index contributed by atoms with van der Waals surface area (Å²) in [7, 11) is -7.00. The number of benzene rings is 1. The van der Waals surface area contributed by atoms with Gasteiger partial charge in [0.15, 0.2) is 19.7 Å². The van der Waals surface area contributed by atoms with Gasteiger partial charge in [-0.2, -0.15) is 0 Å². The highest BCUT2D eigenvalue weighted by Crippen LogP contribution is 2.29. The fourth-order valence-corrected chi connectivity index (χ4v) is 8.48. The molecule has 0 amide bonds. The van der Waals surface area contributed by atoms with E-state index < -0.39 is 31.0 Å². The zero-order valence-corrected chi connectivity index (χ0v) is 15.5. The molecule has 2 aliphatic rings. The van der Waals surface area contributed by atoms with Gasteiger partial charge in [0, 0.05) is 32.2 Å². The predicted octanol–water partition coefficient (Wildman–Crippen LogP) is 0.263. The van der Waals surface area contributed by atoms with Gasteiger partial charge < -0.3 is 4.90 Å². The Morgan fingerprint density at radius 1 is 1.04 bits per heavy atom. The van der Waals surface area contributed by atoms with Crippen LogP contribution in [0.1, 0.15) is 6.92 Å². The minimum Gasteiger partial charge on any atom is -0.301 e. The minimum absolute atomic E-state index is 0.0597. The molecule has 2 saturated heterocycles. The number of piperazine rings is 1. The third-order valence-corrected chi connectivity index (χ3v) is 9.20. The monoisotopic (exact) mass is 372 g/mol. The van der Waals surface area contributed by atoms with E-state index in [-0.39, 0.29) is 16.4 Å². The Hall–Kier alpha value is -0.960. The third-order valence-electron chi connectivity index (χ3n) is 5.07. The van der Waals surface area contributed by atoms with Crippen LogP contribution in [0.4, 0.5) is 0 Å². The van der Waals surface area contributed by atoms with Crippen LogP contribution < -0.4 is 0 Å². The van der Waals surface area contributed by atoms with Gasteiger partial charge in [-0.05, 0) is 18.7 Å². The molecule has 0 bridgehead atoms.